The van der Waals surface area contributed by atoms with Gasteiger partial charge in [0.15, 0.2) is 0 Å². The van der Waals surface area contributed by atoms with Crippen molar-refractivity contribution < 1.29 is 9.84 Å². The van der Waals surface area contributed by atoms with E-state index in [4.69, 9.17) is 4.74 Å². The second-order valence-corrected chi connectivity index (χ2v) is 6.21. The molecule has 1 aliphatic carbocycles. The lowest BCUT2D eigenvalue weighted by atomic mass is 9.79. The number of rotatable bonds is 2. The highest BCUT2D eigenvalue weighted by molar-refractivity contribution is 5.37. The smallest absolute Gasteiger partial charge is 0.122 e. The third-order valence-electron chi connectivity index (χ3n) is 4.74. The van der Waals surface area contributed by atoms with E-state index in [1.807, 2.05) is 6.07 Å². The monoisotopic (exact) mass is 260 g/mol. The summed E-state index contributed by atoms with van der Waals surface area (Å²) in [7, 11) is 0. The van der Waals surface area contributed by atoms with Crippen LogP contribution in [0, 0.1) is 0 Å². The minimum Gasteiger partial charge on any atom is -0.493 e. The van der Waals surface area contributed by atoms with Gasteiger partial charge in [0.25, 0.3) is 0 Å². The summed E-state index contributed by atoms with van der Waals surface area (Å²) in [5.74, 6) is 1.49. The van der Waals surface area contributed by atoms with Crippen LogP contribution in [0.15, 0.2) is 24.3 Å². The van der Waals surface area contributed by atoms with Crippen LogP contribution >= 0.6 is 0 Å². The van der Waals surface area contributed by atoms with Gasteiger partial charge >= 0.3 is 0 Å². The van der Waals surface area contributed by atoms with E-state index in [0.717, 1.165) is 38.0 Å². The highest BCUT2D eigenvalue weighted by Gasteiger charge is 2.33. The lowest BCUT2D eigenvalue weighted by molar-refractivity contribution is 0.00620. The van der Waals surface area contributed by atoms with Crippen LogP contribution in [0.5, 0.6) is 5.75 Å². The Morgan fingerprint density at radius 2 is 1.84 bits per heavy atom. The van der Waals surface area contributed by atoms with Crippen LogP contribution in [0.2, 0.25) is 0 Å². The number of para-hydroxylation sites is 1. The molecule has 104 valence electrons. The normalized spacial score (nSPS) is 26.1. The Labute approximate surface area is 115 Å². The molecule has 1 aromatic carbocycles. The largest absolute Gasteiger partial charge is 0.493 e. The average molecular weight is 260 g/mol. The average Bonchev–Trinajstić information content (AvgIpc) is 2.64. The first kappa shape index (κ1) is 13.0. The molecule has 3 rings (SSSR count). The number of hydrogen-bond acceptors (Lipinski definition) is 2. The van der Waals surface area contributed by atoms with Crippen LogP contribution < -0.4 is 4.74 Å². The Hall–Kier alpha value is -1.02. The van der Waals surface area contributed by atoms with E-state index in [1.165, 1.54) is 31.2 Å². The first-order valence-electron chi connectivity index (χ1n) is 7.71. The molecule has 1 atom stereocenters. The third-order valence-corrected chi connectivity index (χ3v) is 4.74. The molecule has 0 bridgehead atoms. The number of aliphatic hydroxyl groups is 1. The SMILES string of the molecule is OC1(CC2CCOc3ccccc32)CCCCCC1. The van der Waals surface area contributed by atoms with Crippen LogP contribution in [0.25, 0.3) is 0 Å². The topological polar surface area (TPSA) is 29.5 Å². The number of ether oxygens (including phenoxy) is 1. The fraction of sp³-hybridized carbons (Fsp3) is 0.647. The first-order chi connectivity index (χ1) is 9.27. The van der Waals surface area contributed by atoms with E-state index in [2.05, 4.69) is 18.2 Å². The maximum atomic E-state index is 10.9. The number of fused-ring (bicyclic) bond motifs is 1. The van der Waals surface area contributed by atoms with Crippen LogP contribution in [0.3, 0.4) is 0 Å². The Balaban J connectivity index is 1.76. The fourth-order valence-electron chi connectivity index (χ4n) is 3.68. The van der Waals surface area contributed by atoms with Crippen molar-refractivity contribution in [3.8, 4) is 5.75 Å². The molecule has 1 unspecified atom stereocenters. The highest BCUT2D eigenvalue weighted by atomic mass is 16.5. The predicted octanol–water partition coefficient (Wildman–Crippen LogP) is 4.03. The molecule has 1 heterocycles. The molecule has 2 heteroatoms. The van der Waals surface area contributed by atoms with Gasteiger partial charge in [0.05, 0.1) is 12.2 Å². The van der Waals surface area contributed by atoms with Crippen molar-refractivity contribution in [2.75, 3.05) is 6.61 Å². The van der Waals surface area contributed by atoms with Gasteiger partial charge in [-0.2, -0.15) is 0 Å². The summed E-state index contributed by atoms with van der Waals surface area (Å²) in [5, 5.41) is 10.9. The Morgan fingerprint density at radius 1 is 1.11 bits per heavy atom. The van der Waals surface area contributed by atoms with E-state index < -0.39 is 5.60 Å². The second kappa shape index (κ2) is 5.54. The van der Waals surface area contributed by atoms with Gasteiger partial charge in [0.2, 0.25) is 0 Å². The quantitative estimate of drug-likeness (QED) is 0.814. The maximum Gasteiger partial charge on any atom is 0.122 e. The fourth-order valence-corrected chi connectivity index (χ4v) is 3.68. The van der Waals surface area contributed by atoms with Crippen molar-refractivity contribution >= 4 is 0 Å². The molecule has 1 N–H and O–H groups in total. The van der Waals surface area contributed by atoms with Gasteiger partial charge in [0, 0.05) is 0 Å². The van der Waals surface area contributed by atoms with Crippen LogP contribution in [-0.2, 0) is 0 Å². The highest BCUT2D eigenvalue weighted by Crippen LogP contribution is 2.41. The summed E-state index contributed by atoms with van der Waals surface area (Å²) >= 11 is 0. The van der Waals surface area contributed by atoms with Crippen molar-refractivity contribution in [3.63, 3.8) is 0 Å². The molecule has 0 spiro atoms. The zero-order valence-corrected chi connectivity index (χ0v) is 11.6. The molecule has 0 amide bonds. The Bertz CT molecular complexity index is 419. The summed E-state index contributed by atoms with van der Waals surface area (Å²) < 4.78 is 5.72. The standard InChI is InChI=1S/C17H24O2/c18-17(10-5-1-2-6-11-17)13-14-9-12-19-16-8-4-3-7-15(14)16/h3-4,7-8,14,18H,1-2,5-6,9-13H2. The van der Waals surface area contributed by atoms with Crippen molar-refractivity contribution in [2.24, 2.45) is 0 Å². The second-order valence-electron chi connectivity index (χ2n) is 6.21. The van der Waals surface area contributed by atoms with Gasteiger partial charge in [-0.05, 0) is 43.2 Å². The molecule has 0 saturated heterocycles. The summed E-state index contributed by atoms with van der Waals surface area (Å²) in [4.78, 5) is 0. The van der Waals surface area contributed by atoms with Gasteiger partial charge < -0.3 is 9.84 Å². The van der Waals surface area contributed by atoms with Gasteiger partial charge in [-0.15, -0.1) is 0 Å². The number of hydrogen-bond donors (Lipinski definition) is 1. The molecule has 1 fully saturated rings. The third kappa shape index (κ3) is 2.94. The number of benzene rings is 1. The van der Waals surface area contributed by atoms with E-state index in [0.29, 0.717) is 5.92 Å². The zero-order chi connectivity index (χ0) is 13.1. The van der Waals surface area contributed by atoms with Crippen molar-refractivity contribution in [1.29, 1.82) is 0 Å². The Morgan fingerprint density at radius 3 is 2.63 bits per heavy atom. The molecule has 19 heavy (non-hydrogen) atoms. The predicted molar refractivity (Wildman–Crippen MR) is 76.6 cm³/mol. The van der Waals surface area contributed by atoms with Crippen LogP contribution in [0.4, 0.5) is 0 Å². The summed E-state index contributed by atoms with van der Waals surface area (Å²) in [6.07, 6.45) is 8.84. The minimum atomic E-state index is -0.439. The summed E-state index contributed by atoms with van der Waals surface area (Å²) in [5.41, 5.74) is 0.859. The summed E-state index contributed by atoms with van der Waals surface area (Å²) in [6.45, 7) is 0.789. The summed E-state index contributed by atoms with van der Waals surface area (Å²) in [6, 6.07) is 8.33. The maximum absolute atomic E-state index is 10.9. The molecular weight excluding hydrogens is 236 g/mol. The van der Waals surface area contributed by atoms with Crippen molar-refractivity contribution in [2.45, 2.75) is 62.9 Å². The molecule has 0 aromatic heterocycles. The first-order valence-corrected chi connectivity index (χ1v) is 7.71. The zero-order valence-electron chi connectivity index (χ0n) is 11.6. The molecule has 1 saturated carbocycles. The molecule has 1 aliphatic heterocycles. The van der Waals surface area contributed by atoms with Gasteiger partial charge in [-0.25, -0.2) is 0 Å². The van der Waals surface area contributed by atoms with E-state index in [9.17, 15) is 5.11 Å². The lowest BCUT2D eigenvalue weighted by Gasteiger charge is -2.34. The Kier molecular flexibility index (Phi) is 3.79. The van der Waals surface area contributed by atoms with Crippen LogP contribution in [-0.4, -0.2) is 17.3 Å². The van der Waals surface area contributed by atoms with Gasteiger partial charge in [-0.1, -0.05) is 43.9 Å². The van der Waals surface area contributed by atoms with Crippen LogP contribution in [0.1, 0.15) is 62.8 Å². The minimum absolute atomic E-state index is 0.439. The van der Waals surface area contributed by atoms with E-state index in [-0.39, 0.29) is 0 Å². The molecule has 2 aliphatic rings. The van der Waals surface area contributed by atoms with E-state index in [1.54, 1.807) is 0 Å². The van der Waals surface area contributed by atoms with Crippen molar-refractivity contribution in [3.05, 3.63) is 29.8 Å². The molecular formula is C17H24O2. The van der Waals surface area contributed by atoms with Gasteiger partial charge in [-0.3, -0.25) is 0 Å². The molecule has 0 radical (unpaired) electrons. The van der Waals surface area contributed by atoms with Gasteiger partial charge in [0.1, 0.15) is 5.75 Å². The van der Waals surface area contributed by atoms with E-state index >= 15 is 0 Å². The van der Waals surface area contributed by atoms with Crippen molar-refractivity contribution in [1.82, 2.24) is 0 Å². The molecule has 1 aromatic rings. The lowest BCUT2D eigenvalue weighted by Crippen LogP contribution is -2.31. The molecule has 2 nitrogen and oxygen atoms in total.